The van der Waals surface area contributed by atoms with Gasteiger partial charge in [-0.2, -0.15) is 13.2 Å². The largest absolute Gasteiger partial charge is 0.491 e. The lowest BCUT2D eigenvalue weighted by atomic mass is 10.2. The Morgan fingerprint density at radius 1 is 1.29 bits per heavy atom. The van der Waals surface area contributed by atoms with E-state index < -0.39 is 23.9 Å². The molecule has 5 nitrogen and oxygen atoms in total. The second-order valence-corrected chi connectivity index (χ2v) is 4.23. The zero-order valence-corrected chi connectivity index (χ0v) is 11.4. The molecule has 0 spiro atoms. The van der Waals surface area contributed by atoms with Crippen LogP contribution in [-0.2, 0) is 6.18 Å². The first-order valence-electron chi connectivity index (χ1n) is 6.32. The van der Waals surface area contributed by atoms with Crippen molar-refractivity contribution in [1.29, 1.82) is 0 Å². The van der Waals surface area contributed by atoms with E-state index in [0.717, 1.165) is 12.1 Å². The molecule has 0 saturated heterocycles. The number of alkyl halides is 3. The van der Waals surface area contributed by atoms with Crippen LogP contribution < -0.4 is 15.4 Å². The van der Waals surface area contributed by atoms with Crippen molar-refractivity contribution in [3.63, 3.8) is 0 Å². The number of carbonyl (C=O) groups is 1. The number of ether oxygens (including phenoxy) is 1. The number of amides is 2. The standard InChI is InChI=1S/C13H17F3N2O3/c1-2-17-12(20)18-7-10(19)8-21-11-5-3-9(4-6-11)13(14,15)16/h3-6,10,19H,2,7-8H2,1H3,(H2,17,18,20). The summed E-state index contributed by atoms with van der Waals surface area (Å²) in [5.74, 6) is 0.208. The number of halogens is 3. The summed E-state index contributed by atoms with van der Waals surface area (Å²) < 4.78 is 42.2. The quantitative estimate of drug-likeness (QED) is 0.750. The SMILES string of the molecule is CCNC(=O)NCC(O)COc1ccc(C(F)(F)F)cc1. The Hall–Kier alpha value is -1.96. The molecule has 3 N–H and O–H groups in total. The lowest BCUT2D eigenvalue weighted by molar-refractivity contribution is -0.137. The van der Waals surface area contributed by atoms with E-state index in [9.17, 15) is 23.1 Å². The van der Waals surface area contributed by atoms with Gasteiger partial charge in [-0.25, -0.2) is 4.79 Å². The van der Waals surface area contributed by atoms with Crippen molar-refractivity contribution < 1.29 is 27.8 Å². The smallest absolute Gasteiger partial charge is 0.416 e. The van der Waals surface area contributed by atoms with E-state index in [1.54, 1.807) is 6.92 Å². The van der Waals surface area contributed by atoms with Crippen LogP contribution in [0.4, 0.5) is 18.0 Å². The van der Waals surface area contributed by atoms with Gasteiger partial charge in [0.15, 0.2) is 0 Å². The highest BCUT2D eigenvalue weighted by Gasteiger charge is 2.30. The highest BCUT2D eigenvalue weighted by Crippen LogP contribution is 2.30. The normalized spacial score (nSPS) is 12.6. The first-order valence-corrected chi connectivity index (χ1v) is 6.32. The molecule has 8 heteroatoms. The van der Waals surface area contributed by atoms with Crippen molar-refractivity contribution in [2.45, 2.75) is 19.2 Å². The summed E-state index contributed by atoms with van der Waals surface area (Å²) in [7, 11) is 0. The fourth-order valence-corrected chi connectivity index (χ4v) is 1.43. The maximum absolute atomic E-state index is 12.3. The maximum atomic E-state index is 12.3. The average molecular weight is 306 g/mol. The predicted molar refractivity (Wildman–Crippen MR) is 70.0 cm³/mol. The Kier molecular flexibility index (Phi) is 6.29. The fraction of sp³-hybridized carbons (Fsp3) is 0.462. The molecule has 0 aliphatic carbocycles. The zero-order chi connectivity index (χ0) is 15.9. The van der Waals surface area contributed by atoms with Gasteiger partial charge in [0, 0.05) is 13.1 Å². The van der Waals surface area contributed by atoms with Crippen molar-refractivity contribution >= 4 is 6.03 Å². The molecule has 0 aromatic heterocycles. The third kappa shape index (κ3) is 6.35. The molecule has 0 aliphatic rings. The lowest BCUT2D eigenvalue weighted by Crippen LogP contribution is -2.41. The lowest BCUT2D eigenvalue weighted by Gasteiger charge is -2.14. The van der Waals surface area contributed by atoms with Gasteiger partial charge in [0.25, 0.3) is 0 Å². The molecule has 0 bridgehead atoms. The van der Waals surface area contributed by atoms with Crippen LogP contribution in [0.2, 0.25) is 0 Å². The highest BCUT2D eigenvalue weighted by atomic mass is 19.4. The Bertz CT molecular complexity index is 449. The van der Waals surface area contributed by atoms with E-state index in [2.05, 4.69) is 10.6 Å². The van der Waals surface area contributed by atoms with Crippen molar-refractivity contribution in [3.05, 3.63) is 29.8 Å². The van der Waals surface area contributed by atoms with Crippen LogP contribution in [-0.4, -0.2) is 36.9 Å². The summed E-state index contributed by atoms with van der Waals surface area (Å²) in [6.07, 6.45) is -5.36. The fourth-order valence-electron chi connectivity index (χ4n) is 1.43. The summed E-state index contributed by atoms with van der Waals surface area (Å²) in [5, 5.41) is 14.5. The second kappa shape index (κ2) is 7.72. The van der Waals surface area contributed by atoms with E-state index in [-0.39, 0.29) is 18.9 Å². The van der Waals surface area contributed by atoms with Crippen molar-refractivity contribution in [2.24, 2.45) is 0 Å². The van der Waals surface area contributed by atoms with Gasteiger partial charge in [0.05, 0.1) is 5.56 Å². The first kappa shape index (κ1) is 17.1. The number of benzene rings is 1. The highest BCUT2D eigenvalue weighted by molar-refractivity contribution is 5.73. The van der Waals surface area contributed by atoms with Crippen molar-refractivity contribution in [3.8, 4) is 5.75 Å². The Balaban J connectivity index is 2.36. The average Bonchev–Trinajstić information content (AvgIpc) is 2.43. The van der Waals surface area contributed by atoms with Crippen molar-refractivity contribution in [2.75, 3.05) is 19.7 Å². The Morgan fingerprint density at radius 2 is 1.90 bits per heavy atom. The predicted octanol–water partition coefficient (Wildman–Crippen LogP) is 1.76. The summed E-state index contributed by atoms with van der Waals surface area (Å²) in [4.78, 5) is 11.1. The van der Waals surface area contributed by atoms with Crippen LogP contribution in [0.3, 0.4) is 0 Å². The van der Waals surface area contributed by atoms with E-state index in [1.165, 1.54) is 12.1 Å². The molecule has 1 aromatic carbocycles. The van der Waals surface area contributed by atoms with Gasteiger partial charge in [-0.1, -0.05) is 0 Å². The van der Waals surface area contributed by atoms with Gasteiger partial charge < -0.3 is 20.5 Å². The monoisotopic (exact) mass is 306 g/mol. The van der Waals surface area contributed by atoms with E-state index in [0.29, 0.717) is 6.54 Å². The number of nitrogens with one attached hydrogen (secondary N) is 2. The third-order valence-electron chi connectivity index (χ3n) is 2.46. The number of hydrogen-bond donors (Lipinski definition) is 3. The molecule has 0 radical (unpaired) electrons. The summed E-state index contributed by atoms with van der Waals surface area (Å²) >= 11 is 0. The zero-order valence-electron chi connectivity index (χ0n) is 11.4. The van der Waals surface area contributed by atoms with E-state index in [1.807, 2.05) is 0 Å². The molecule has 2 amide bonds. The number of aliphatic hydroxyl groups excluding tert-OH is 1. The minimum Gasteiger partial charge on any atom is -0.491 e. The molecular weight excluding hydrogens is 289 g/mol. The molecule has 0 fully saturated rings. The number of rotatable bonds is 6. The molecule has 1 unspecified atom stereocenters. The Morgan fingerprint density at radius 3 is 2.43 bits per heavy atom. The molecule has 0 saturated carbocycles. The molecule has 1 rings (SSSR count). The molecule has 0 heterocycles. The van der Waals surface area contributed by atoms with Gasteiger partial charge in [0.1, 0.15) is 18.5 Å². The van der Waals surface area contributed by atoms with Gasteiger partial charge in [-0.3, -0.25) is 0 Å². The first-order chi connectivity index (χ1) is 9.82. The van der Waals surface area contributed by atoms with Gasteiger partial charge in [-0.15, -0.1) is 0 Å². The van der Waals surface area contributed by atoms with Gasteiger partial charge in [-0.05, 0) is 31.2 Å². The van der Waals surface area contributed by atoms with E-state index >= 15 is 0 Å². The molecule has 21 heavy (non-hydrogen) atoms. The summed E-state index contributed by atoms with van der Waals surface area (Å²) in [5.41, 5.74) is -0.770. The van der Waals surface area contributed by atoms with Crippen LogP contribution in [0, 0.1) is 0 Å². The van der Waals surface area contributed by atoms with Gasteiger partial charge >= 0.3 is 12.2 Å². The number of urea groups is 1. The van der Waals surface area contributed by atoms with Crippen LogP contribution in [0.15, 0.2) is 24.3 Å². The van der Waals surface area contributed by atoms with Crippen molar-refractivity contribution in [1.82, 2.24) is 10.6 Å². The van der Waals surface area contributed by atoms with Crippen LogP contribution in [0.5, 0.6) is 5.75 Å². The number of aliphatic hydroxyl groups is 1. The topological polar surface area (TPSA) is 70.6 Å². The summed E-state index contributed by atoms with van der Waals surface area (Å²) in [6.45, 7) is 2.05. The van der Waals surface area contributed by atoms with Crippen LogP contribution in [0.25, 0.3) is 0 Å². The maximum Gasteiger partial charge on any atom is 0.416 e. The molecule has 118 valence electrons. The minimum atomic E-state index is -4.39. The van der Waals surface area contributed by atoms with Gasteiger partial charge in [0.2, 0.25) is 0 Å². The van der Waals surface area contributed by atoms with Crippen LogP contribution >= 0.6 is 0 Å². The third-order valence-corrected chi connectivity index (χ3v) is 2.46. The molecule has 1 aromatic rings. The van der Waals surface area contributed by atoms with Crippen LogP contribution in [0.1, 0.15) is 12.5 Å². The molecule has 0 aliphatic heterocycles. The Labute approximate surface area is 120 Å². The molecular formula is C13H17F3N2O3. The second-order valence-electron chi connectivity index (χ2n) is 4.23. The minimum absolute atomic E-state index is 0.0214. The summed E-state index contributed by atoms with van der Waals surface area (Å²) in [6, 6.07) is 3.73. The van der Waals surface area contributed by atoms with E-state index in [4.69, 9.17) is 4.74 Å². The number of hydrogen-bond acceptors (Lipinski definition) is 3. The number of carbonyl (C=O) groups excluding carboxylic acids is 1. The molecule has 1 atom stereocenters.